The fourth-order valence-corrected chi connectivity index (χ4v) is 7.46. The third kappa shape index (κ3) is 32.8. The van der Waals surface area contributed by atoms with Gasteiger partial charge >= 0.3 is 8.80 Å². The summed E-state index contributed by atoms with van der Waals surface area (Å²) in [6.45, 7) is 11.4. The Kier molecular flexibility index (Phi) is 34.7. The van der Waals surface area contributed by atoms with Crippen LogP contribution < -0.4 is 0 Å². The Bertz CT molecular complexity index is 409. The molecular formula is C37H78O3Si. The van der Waals surface area contributed by atoms with Crippen molar-refractivity contribution in [3.63, 3.8) is 0 Å². The van der Waals surface area contributed by atoms with E-state index >= 15 is 0 Å². The third-order valence-corrected chi connectivity index (χ3v) is 10.8. The van der Waals surface area contributed by atoms with Crippen molar-refractivity contribution in [1.29, 1.82) is 0 Å². The predicted octanol–water partition coefficient (Wildman–Crippen LogP) is 13.4. The molecule has 0 radical (unpaired) electrons. The molecule has 0 saturated carbocycles. The van der Waals surface area contributed by atoms with Crippen LogP contribution in [0, 0.1) is 0 Å². The Morgan fingerprint density at radius 2 is 0.439 bits per heavy atom. The van der Waals surface area contributed by atoms with Gasteiger partial charge in [0.25, 0.3) is 0 Å². The Morgan fingerprint density at radius 1 is 0.268 bits per heavy atom. The van der Waals surface area contributed by atoms with E-state index in [0.717, 1.165) is 39.1 Å². The maximum absolute atomic E-state index is 6.38. The summed E-state index contributed by atoms with van der Waals surface area (Å²) < 4.78 is 19.1. The van der Waals surface area contributed by atoms with E-state index in [1.807, 2.05) is 0 Å². The minimum atomic E-state index is -2.53. The van der Waals surface area contributed by atoms with E-state index in [4.69, 9.17) is 13.3 Å². The van der Waals surface area contributed by atoms with Crippen LogP contribution in [0.3, 0.4) is 0 Å². The highest BCUT2D eigenvalue weighted by atomic mass is 28.4. The summed E-state index contributed by atoms with van der Waals surface area (Å²) in [5.74, 6) is 0. The molecule has 4 heteroatoms. The minimum absolute atomic E-state index is 0.801. The van der Waals surface area contributed by atoms with Crippen molar-refractivity contribution >= 4 is 8.80 Å². The molecule has 0 fully saturated rings. The second kappa shape index (κ2) is 34.6. The molecule has 0 aliphatic rings. The SMILES string of the molecule is CCCCCCCCCCCCO[Si](C)(OCCCCCCCCCCCC)OCCCCCCCCCCCC. The van der Waals surface area contributed by atoms with Crippen molar-refractivity contribution in [3.05, 3.63) is 0 Å². The van der Waals surface area contributed by atoms with Crippen molar-refractivity contribution < 1.29 is 13.3 Å². The quantitative estimate of drug-likeness (QED) is 0.0530. The van der Waals surface area contributed by atoms with E-state index in [2.05, 4.69) is 27.3 Å². The Morgan fingerprint density at radius 3 is 0.634 bits per heavy atom. The third-order valence-electron chi connectivity index (χ3n) is 8.59. The van der Waals surface area contributed by atoms with E-state index in [1.54, 1.807) is 0 Å². The zero-order valence-corrected chi connectivity index (χ0v) is 30.1. The molecule has 0 aliphatic heterocycles. The molecule has 0 bridgehead atoms. The van der Waals surface area contributed by atoms with Gasteiger partial charge < -0.3 is 13.3 Å². The lowest BCUT2D eigenvalue weighted by molar-refractivity contribution is 0.0616. The van der Waals surface area contributed by atoms with E-state index < -0.39 is 8.80 Å². The fraction of sp³-hybridized carbons (Fsp3) is 1.00. The Labute approximate surface area is 261 Å². The summed E-state index contributed by atoms with van der Waals surface area (Å²) in [5, 5.41) is 0. The van der Waals surface area contributed by atoms with Crippen LogP contribution in [0.4, 0.5) is 0 Å². The van der Waals surface area contributed by atoms with Crippen LogP contribution in [-0.4, -0.2) is 28.6 Å². The molecule has 0 atom stereocenters. The van der Waals surface area contributed by atoms with Gasteiger partial charge in [-0.1, -0.05) is 194 Å². The predicted molar refractivity (Wildman–Crippen MR) is 185 cm³/mol. The molecule has 0 rings (SSSR count). The second-order valence-electron chi connectivity index (χ2n) is 13.0. The standard InChI is InChI=1S/C37H78O3Si/c1-5-8-11-14-17-20-23-26-29-32-35-38-41(4,39-36-33-30-27-24-21-18-15-12-9-6-2)40-37-34-31-28-25-22-19-16-13-10-7-3/h5-37H2,1-4H3. The van der Waals surface area contributed by atoms with Gasteiger partial charge in [0, 0.05) is 26.4 Å². The highest BCUT2D eigenvalue weighted by molar-refractivity contribution is 6.59. The molecule has 0 spiro atoms. The summed E-state index contributed by atoms with van der Waals surface area (Å²) in [6, 6.07) is 0. The fourth-order valence-electron chi connectivity index (χ4n) is 5.67. The molecule has 0 aromatic heterocycles. The molecule has 248 valence electrons. The van der Waals surface area contributed by atoms with Gasteiger partial charge in [-0.25, -0.2) is 0 Å². The van der Waals surface area contributed by atoms with Crippen molar-refractivity contribution in [2.24, 2.45) is 0 Å². The first-order chi connectivity index (χ1) is 20.2. The lowest BCUT2D eigenvalue weighted by atomic mass is 10.1. The van der Waals surface area contributed by atoms with Crippen LogP contribution >= 0.6 is 0 Å². The molecule has 0 aliphatic carbocycles. The summed E-state index contributed by atoms with van der Waals surface area (Å²) >= 11 is 0. The Balaban J connectivity index is 4.06. The lowest BCUT2D eigenvalue weighted by Gasteiger charge is -2.26. The van der Waals surface area contributed by atoms with E-state index in [9.17, 15) is 0 Å². The average Bonchev–Trinajstić information content (AvgIpc) is 2.97. The first-order valence-electron chi connectivity index (χ1n) is 19.1. The largest absolute Gasteiger partial charge is 0.497 e. The molecule has 0 aromatic carbocycles. The number of rotatable bonds is 36. The first-order valence-corrected chi connectivity index (χ1v) is 21.3. The van der Waals surface area contributed by atoms with Crippen LogP contribution in [0.2, 0.25) is 6.55 Å². The molecule has 0 amide bonds. The van der Waals surface area contributed by atoms with Gasteiger partial charge in [-0.05, 0) is 19.3 Å². The van der Waals surface area contributed by atoms with Crippen LogP contribution in [0.5, 0.6) is 0 Å². The van der Waals surface area contributed by atoms with Crippen molar-refractivity contribution in [3.8, 4) is 0 Å². The summed E-state index contributed by atoms with van der Waals surface area (Å²) in [7, 11) is -2.53. The van der Waals surface area contributed by atoms with Gasteiger partial charge in [-0.2, -0.15) is 0 Å². The van der Waals surface area contributed by atoms with Crippen LogP contribution in [-0.2, 0) is 13.3 Å². The molecule has 41 heavy (non-hydrogen) atoms. The van der Waals surface area contributed by atoms with Gasteiger partial charge in [0.15, 0.2) is 0 Å². The zero-order valence-electron chi connectivity index (χ0n) is 29.1. The van der Waals surface area contributed by atoms with Gasteiger partial charge in [0.1, 0.15) is 0 Å². The van der Waals surface area contributed by atoms with Gasteiger partial charge in [-0.3, -0.25) is 0 Å². The van der Waals surface area contributed by atoms with E-state index in [0.29, 0.717) is 0 Å². The number of hydrogen-bond donors (Lipinski definition) is 0. The average molecular weight is 599 g/mol. The molecule has 0 unspecified atom stereocenters. The topological polar surface area (TPSA) is 27.7 Å². The maximum atomic E-state index is 6.38. The smallest absolute Gasteiger partial charge is 0.374 e. The summed E-state index contributed by atoms with van der Waals surface area (Å²) in [4.78, 5) is 0. The normalized spacial score (nSPS) is 12.0. The first kappa shape index (κ1) is 41.1. The van der Waals surface area contributed by atoms with Crippen molar-refractivity contribution in [2.75, 3.05) is 19.8 Å². The van der Waals surface area contributed by atoms with Crippen LogP contribution in [0.15, 0.2) is 0 Å². The molecular weight excluding hydrogens is 520 g/mol. The molecule has 0 aromatic rings. The number of hydrogen-bond acceptors (Lipinski definition) is 3. The van der Waals surface area contributed by atoms with Gasteiger partial charge in [0.2, 0.25) is 0 Å². The minimum Gasteiger partial charge on any atom is -0.374 e. The monoisotopic (exact) mass is 599 g/mol. The van der Waals surface area contributed by atoms with E-state index in [1.165, 1.54) is 173 Å². The van der Waals surface area contributed by atoms with Crippen molar-refractivity contribution in [1.82, 2.24) is 0 Å². The Hall–Kier alpha value is 0.0969. The molecule has 0 N–H and O–H groups in total. The highest BCUT2D eigenvalue weighted by Crippen LogP contribution is 2.17. The molecule has 3 nitrogen and oxygen atoms in total. The number of unbranched alkanes of at least 4 members (excludes halogenated alkanes) is 27. The lowest BCUT2D eigenvalue weighted by Crippen LogP contribution is -2.43. The zero-order chi connectivity index (χ0) is 30.0. The van der Waals surface area contributed by atoms with Gasteiger partial charge in [-0.15, -0.1) is 0 Å². The maximum Gasteiger partial charge on any atom is 0.497 e. The highest BCUT2D eigenvalue weighted by Gasteiger charge is 2.34. The summed E-state index contributed by atoms with van der Waals surface area (Å²) in [6.07, 6.45) is 40.7. The van der Waals surface area contributed by atoms with Gasteiger partial charge in [0.05, 0.1) is 0 Å². The second-order valence-corrected chi connectivity index (χ2v) is 15.5. The van der Waals surface area contributed by atoms with Crippen LogP contribution in [0.1, 0.15) is 213 Å². The van der Waals surface area contributed by atoms with E-state index in [-0.39, 0.29) is 0 Å². The van der Waals surface area contributed by atoms with Crippen molar-refractivity contribution in [2.45, 2.75) is 220 Å². The summed E-state index contributed by atoms with van der Waals surface area (Å²) in [5.41, 5.74) is 0. The van der Waals surface area contributed by atoms with Crippen LogP contribution in [0.25, 0.3) is 0 Å². The molecule has 0 saturated heterocycles. The molecule has 0 heterocycles.